The van der Waals surface area contributed by atoms with E-state index in [-0.39, 0.29) is 10.6 Å². The van der Waals surface area contributed by atoms with Gasteiger partial charge in [-0.15, -0.1) is 0 Å². The van der Waals surface area contributed by atoms with Crippen molar-refractivity contribution in [2.45, 2.75) is 17.3 Å². The zero-order valence-electron chi connectivity index (χ0n) is 11.0. The molecule has 2 aromatic rings. The summed E-state index contributed by atoms with van der Waals surface area (Å²) < 4.78 is 63.4. The summed E-state index contributed by atoms with van der Waals surface area (Å²) in [6, 6.07) is 4.06. The maximum atomic E-state index is 12.6. The standard InChI is InChI=1S/C12H12F3N3O3S/c13-12(14,15)9-3-1-2-8(4-9)10(19)5-18-22(20,21)11-6-16-7-17-11/h1-4,6-7,10,18-19H,5H2,(H,16,17). The first-order valence-corrected chi connectivity index (χ1v) is 7.52. The van der Waals surface area contributed by atoms with Crippen molar-refractivity contribution in [3.8, 4) is 0 Å². The van der Waals surface area contributed by atoms with Gasteiger partial charge in [-0.1, -0.05) is 12.1 Å². The molecule has 120 valence electrons. The van der Waals surface area contributed by atoms with Crippen molar-refractivity contribution in [1.29, 1.82) is 0 Å². The number of aromatic amines is 1. The third-order valence-electron chi connectivity index (χ3n) is 2.83. The average Bonchev–Trinajstić information content (AvgIpc) is 2.99. The number of alkyl halides is 3. The molecule has 1 unspecified atom stereocenters. The Morgan fingerprint density at radius 1 is 1.36 bits per heavy atom. The minimum Gasteiger partial charge on any atom is -0.387 e. The molecule has 6 nitrogen and oxygen atoms in total. The van der Waals surface area contributed by atoms with Gasteiger partial charge in [0.2, 0.25) is 0 Å². The van der Waals surface area contributed by atoms with E-state index < -0.39 is 34.4 Å². The first-order valence-electron chi connectivity index (χ1n) is 6.03. The smallest absolute Gasteiger partial charge is 0.387 e. The Balaban J connectivity index is 2.09. The highest BCUT2D eigenvalue weighted by molar-refractivity contribution is 7.89. The molecular weight excluding hydrogens is 323 g/mol. The number of hydrogen-bond acceptors (Lipinski definition) is 4. The molecule has 0 bridgehead atoms. The van der Waals surface area contributed by atoms with Crippen LogP contribution in [0, 0.1) is 0 Å². The van der Waals surface area contributed by atoms with Crippen molar-refractivity contribution in [3.63, 3.8) is 0 Å². The van der Waals surface area contributed by atoms with E-state index in [1.165, 1.54) is 6.07 Å². The molecule has 10 heteroatoms. The lowest BCUT2D eigenvalue weighted by Crippen LogP contribution is -2.28. The van der Waals surface area contributed by atoms with Gasteiger partial charge in [-0.2, -0.15) is 13.2 Å². The van der Waals surface area contributed by atoms with Crippen molar-refractivity contribution < 1.29 is 26.7 Å². The van der Waals surface area contributed by atoms with E-state index in [0.29, 0.717) is 0 Å². The molecule has 0 fully saturated rings. The van der Waals surface area contributed by atoms with Crippen LogP contribution in [-0.4, -0.2) is 30.0 Å². The lowest BCUT2D eigenvalue weighted by atomic mass is 10.1. The van der Waals surface area contributed by atoms with Crippen LogP contribution in [0.15, 0.2) is 41.8 Å². The third-order valence-corrected chi connectivity index (χ3v) is 4.18. The Bertz CT molecular complexity index is 730. The summed E-state index contributed by atoms with van der Waals surface area (Å²) in [5, 5.41) is 9.65. The molecule has 1 aromatic heterocycles. The van der Waals surface area contributed by atoms with Crippen molar-refractivity contribution in [1.82, 2.24) is 14.7 Å². The highest BCUT2D eigenvalue weighted by Gasteiger charge is 2.31. The number of sulfonamides is 1. The fourth-order valence-electron chi connectivity index (χ4n) is 1.70. The van der Waals surface area contributed by atoms with Crippen LogP contribution in [0.5, 0.6) is 0 Å². The number of imidazole rings is 1. The van der Waals surface area contributed by atoms with Crippen LogP contribution in [0.4, 0.5) is 13.2 Å². The van der Waals surface area contributed by atoms with E-state index in [2.05, 4.69) is 14.7 Å². The molecule has 1 atom stereocenters. The van der Waals surface area contributed by atoms with E-state index in [0.717, 1.165) is 30.7 Å². The van der Waals surface area contributed by atoms with Crippen LogP contribution in [0.25, 0.3) is 0 Å². The summed E-state index contributed by atoms with van der Waals surface area (Å²) in [5.41, 5.74) is -0.956. The van der Waals surface area contributed by atoms with Gasteiger partial charge in [0.25, 0.3) is 10.0 Å². The monoisotopic (exact) mass is 335 g/mol. The number of hydrogen-bond donors (Lipinski definition) is 3. The number of halogens is 3. The SMILES string of the molecule is O=S(=O)(NCC(O)c1cccc(C(F)(F)F)c1)c1cnc[nH]1. The number of nitrogens with zero attached hydrogens (tertiary/aromatic N) is 1. The normalized spacial score (nSPS) is 14.0. The first-order chi connectivity index (χ1) is 10.2. The van der Waals surface area contributed by atoms with Gasteiger partial charge in [-0.3, -0.25) is 0 Å². The predicted molar refractivity (Wildman–Crippen MR) is 70.2 cm³/mol. The largest absolute Gasteiger partial charge is 0.416 e. The number of nitrogens with one attached hydrogen (secondary N) is 2. The van der Waals surface area contributed by atoms with Crippen molar-refractivity contribution >= 4 is 10.0 Å². The maximum absolute atomic E-state index is 12.6. The predicted octanol–water partition coefficient (Wildman–Crippen LogP) is 1.44. The van der Waals surface area contributed by atoms with E-state index in [9.17, 15) is 26.7 Å². The van der Waals surface area contributed by atoms with Crippen molar-refractivity contribution in [2.24, 2.45) is 0 Å². The summed E-state index contributed by atoms with van der Waals surface area (Å²) in [5.74, 6) is 0. The molecule has 22 heavy (non-hydrogen) atoms. The Kier molecular flexibility index (Phi) is 4.54. The molecule has 1 aromatic carbocycles. The number of aromatic nitrogens is 2. The molecule has 0 amide bonds. The molecule has 0 aliphatic carbocycles. The van der Waals surface area contributed by atoms with Crippen molar-refractivity contribution in [2.75, 3.05) is 6.54 Å². The number of benzene rings is 1. The minimum absolute atomic E-state index is 0.0397. The molecule has 1 heterocycles. The highest BCUT2D eigenvalue weighted by atomic mass is 32.2. The van der Waals surface area contributed by atoms with Crippen LogP contribution in [0.1, 0.15) is 17.2 Å². The van der Waals surface area contributed by atoms with Crippen LogP contribution in [0.2, 0.25) is 0 Å². The molecular formula is C12H12F3N3O3S. The van der Waals surface area contributed by atoms with Crippen molar-refractivity contribution in [3.05, 3.63) is 47.9 Å². The van der Waals surface area contributed by atoms with Gasteiger partial charge >= 0.3 is 6.18 Å². The summed E-state index contributed by atoms with van der Waals surface area (Å²) in [4.78, 5) is 5.93. The summed E-state index contributed by atoms with van der Waals surface area (Å²) in [6.07, 6.45) is -3.72. The topological polar surface area (TPSA) is 95.1 Å². The fraction of sp³-hybridized carbons (Fsp3) is 0.250. The van der Waals surface area contributed by atoms with Gasteiger partial charge in [0.05, 0.1) is 24.2 Å². The molecule has 0 saturated carbocycles. The third kappa shape index (κ3) is 3.84. The summed E-state index contributed by atoms with van der Waals surface area (Å²) >= 11 is 0. The fourth-order valence-corrected chi connectivity index (χ4v) is 2.64. The molecule has 0 radical (unpaired) electrons. The quantitative estimate of drug-likeness (QED) is 0.770. The Hall–Kier alpha value is -1.91. The Labute approximate surface area is 124 Å². The molecule has 0 aliphatic heterocycles. The van der Waals surface area contributed by atoms with Gasteiger partial charge in [0.1, 0.15) is 0 Å². The number of rotatable bonds is 5. The first kappa shape index (κ1) is 16.5. The van der Waals surface area contributed by atoms with Gasteiger partial charge in [0, 0.05) is 6.54 Å². The zero-order chi connectivity index (χ0) is 16.4. The van der Waals surface area contributed by atoms with Gasteiger partial charge < -0.3 is 10.1 Å². The van der Waals surface area contributed by atoms with Crippen LogP contribution in [-0.2, 0) is 16.2 Å². The van der Waals surface area contributed by atoms with Crippen LogP contribution < -0.4 is 4.72 Å². The summed E-state index contributed by atoms with van der Waals surface area (Å²) in [7, 11) is -3.91. The number of aliphatic hydroxyl groups excluding tert-OH is 1. The second-order valence-electron chi connectivity index (χ2n) is 4.41. The molecule has 3 N–H and O–H groups in total. The van der Waals surface area contributed by atoms with E-state index in [1.54, 1.807) is 0 Å². The zero-order valence-corrected chi connectivity index (χ0v) is 11.8. The lowest BCUT2D eigenvalue weighted by Gasteiger charge is -2.14. The molecule has 0 saturated heterocycles. The Morgan fingerprint density at radius 3 is 2.68 bits per heavy atom. The van der Waals surface area contributed by atoms with E-state index in [1.807, 2.05) is 0 Å². The highest BCUT2D eigenvalue weighted by Crippen LogP contribution is 2.30. The Morgan fingerprint density at radius 2 is 2.09 bits per heavy atom. The van der Waals surface area contributed by atoms with Gasteiger partial charge in [-0.05, 0) is 17.7 Å². The second-order valence-corrected chi connectivity index (χ2v) is 6.14. The molecule has 0 spiro atoms. The second kappa shape index (κ2) is 6.07. The van der Waals surface area contributed by atoms with Gasteiger partial charge in [0.15, 0.2) is 5.03 Å². The maximum Gasteiger partial charge on any atom is 0.416 e. The average molecular weight is 335 g/mol. The van der Waals surface area contributed by atoms with Crippen LogP contribution >= 0.6 is 0 Å². The molecule has 2 rings (SSSR count). The lowest BCUT2D eigenvalue weighted by molar-refractivity contribution is -0.137. The number of aliphatic hydroxyl groups is 1. The summed E-state index contributed by atoms with van der Waals surface area (Å²) in [6.45, 7) is -0.470. The number of H-pyrrole nitrogens is 1. The van der Waals surface area contributed by atoms with Crippen LogP contribution in [0.3, 0.4) is 0 Å². The van der Waals surface area contributed by atoms with E-state index in [4.69, 9.17) is 0 Å². The molecule has 0 aliphatic rings. The van der Waals surface area contributed by atoms with E-state index >= 15 is 0 Å². The minimum atomic E-state index is -4.54. The van der Waals surface area contributed by atoms with Gasteiger partial charge in [-0.25, -0.2) is 18.1 Å².